The predicted molar refractivity (Wildman–Crippen MR) is 49.3 cm³/mol. The highest BCUT2D eigenvalue weighted by molar-refractivity contribution is 5.14. The van der Waals surface area contributed by atoms with Crippen molar-refractivity contribution in [1.82, 2.24) is 4.98 Å². The van der Waals surface area contributed by atoms with E-state index in [4.69, 9.17) is 4.74 Å². The lowest BCUT2D eigenvalue weighted by atomic mass is 10.1. The number of methoxy groups -OCH3 is 1. The van der Waals surface area contributed by atoms with E-state index in [-0.39, 0.29) is 0 Å². The molecule has 1 unspecified atom stereocenters. The molecule has 1 atom stereocenters. The topological polar surface area (TPSA) is 22.1 Å². The summed E-state index contributed by atoms with van der Waals surface area (Å²) >= 11 is 0. The summed E-state index contributed by atoms with van der Waals surface area (Å²) in [5.41, 5.74) is 2.30. The van der Waals surface area contributed by atoms with Gasteiger partial charge < -0.3 is 4.74 Å². The van der Waals surface area contributed by atoms with Gasteiger partial charge in [-0.1, -0.05) is 13.0 Å². The second-order valence-electron chi connectivity index (χ2n) is 3.12. The number of hydrogen-bond acceptors (Lipinski definition) is 2. The largest absolute Gasteiger partial charge is 0.384 e. The van der Waals surface area contributed by atoms with Crippen LogP contribution in [0.2, 0.25) is 0 Å². The first-order chi connectivity index (χ1) is 5.74. The molecule has 66 valence electrons. The normalized spacial score (nSPS) is 12.9. The lowest BCUT2D eigenvalue weighted by Gasteiger charge is -2.08. The molecule has 1 aromatic heterocycles. The molecule has 0 aliphatic rings. The molecule has 0 spiro atoms. The van der Waals surface area contributed by atoms with Crippen LogP contribution in [0, 0.1) is 6.92 Å². The molecule has 0 bridgehead atoms. The Hall–Kier alpha value is -0.890. The average molecular weight is 165 g/mol. The number of rotatable bonds is 3. The van der Waals surface area contributed by atoms with Gasteiger partial charge in [0.15, 0.2) is 0 Å². The van der Waals surface area contributed by atoms with Gasteiger partial charge in [0.25, 0.3) is 0 Å². The van der Waals surface area contributed by atoms with Crippen LogP contribution in [0.4, 0.5) is 0 Å². The molecule has 12 heavy (non-hydrogen) atoms. The molecule has 0 aliphatic heterocycles. The van der Waals surface area contributed by atoms with Crippen LogP contribution in [0.1, 0.15) is 24.1 Å². The average Bonchev–Trinajstić information content (AvgIpc) is 2.06. The van der Waals surface area contributed by atoms with Crippen LogP contribution < -0.4 is 0 Å². The molecule has 0 radical (unpaired) electrons. The molecule has 0 aliphatic carbocycles. The molecule has 0 fully saturated rings. The van der Waals surface area contributed by atoms with Gasteiger partial charge in [0.05, 0.1) is 6.61 Å². The minimum absolute atomic E-state index is 0.385. The number of nitrogens with zero attached hydrogens (tertiary/aromatic N) is 1. The summed E-state index contributed by atoms with van der Waals surface area (Å²) in [6, 6.07) is 4.13. The Labute approximate surface area is 73.6 Å². The highest BCUT2D eigenvalue weighted by atomic mass is 16.5. The predicted octanol–water partition coefficient (Wildman–Crippen LogP) is 2.14. The monoisotopic (exact) mass is 165 g/mol. The molecule has 1 aromatic rings. The Morgan fingerprint density at radius 2 is 2.25 bits per heavy atom. The Morgan fingerprint density at radius 3 is 2.75 bits per heavy atom. The van der Waals surface area contributed by atoms with E-state index in [1.54, 1.807) is 7.11 Å². The summed E-state index contributed by atoms with van der Waals surface area (Å²) in [6.45, 7) is 4.88. The van der Waals surface area contributed by atoms with Crippen LogP contribution in [-0.2, 0) is 4.74 Å². The Kier molecular flexibility index (Phi) is 3.23. The van der Waals surface area contributed by atoms with Crippen LogP contribution >= 0.6 is 0 Å². The SMILES string of the molecule is COCC(C)c1ccc(C)cn1. The minimum atomic E-state index is 0.385. The molecule has 0 saturated carbocycles. The van der Waals surface area contributed by atoms with E-state index in [2.05, 4.69) is 24.0 Å². The Balaban J connectivity index is 2.68. The van der Waals surface area contributed by atoms with Crippen LogP contribution in [0.25, 0.3) is 0 Å². The standard InChI is InChI=1S/C10H15NO/c1-8-4-5-10(11-6-8)9(2)7-12-3/h4-6,9H,7H2,1-3H3. The van der Waals surface area contributed by atoms with Crippen molar-refractivity contribution in [3.63, 3.8) is 0 Å². The number of aryl methyl sites for hydroxylation is 1. The fraction of sp³-hybridized carbons (Fsp3) is 0.500. The zero-order chi connectivity index (χ0) is 8.97. The minimum Gasteiger partial charge on any atom is -0.384 e. The zero-order valence-corrected chi connectivity index (χ0v) is 7.87. The van der Waals surface area contributed by atoms with Crippen molar-refractivity contribution in [1.29, 1.82) is 0 Å². The molecular formula is C10H15NO. The summed E-state index contributed by atoms with van der Waals surface area (Å²) < 4.78 is 5.05. The second-order valence-corrected chi connectivity index (χ2v) is 3.12. The molecule has 1 rings (SSSR count). The third-order valence-electron chi connectivity index (χ3n) is 1.86. The second kappa shape index (κ2) is 4.21. The van der Waals surface area contributed by atoms with Gasteiger partial charge in [-0.3, -0.25) is 4.98 Å². The van der Waals surface area contributed by atoms with Gasteiger partial charge in [-0.25, -0.2) is 0 Å². The lowest BCUT2D eigenvalue weighted by molar-refractivity contribution is 0.183. The summed E-state index contributed by atoms with van der Waals surface area (Å²) in [5.74, 6) is 0.385. The van der Waals surface area contributed by atoms with Gasteiger partial charge in [-0.15, -0.1) is 0 Å². The van der Waals surface area contributed by atoms with Gasteiger partial charge in [0.2, 0.25) is 0 Å². The van der Waals surface area contributed by atoms with Gasteiger partial charge in [-0.05, 0) is 18.6 Å². The van der Waals surface area contributed by atoms with E-state index in [0.717, 1.165) is 12.3 Å². The zero-order valence-electron chi connectivity index (χ0n) is 7.87. The molecule has 0 saturated heterocycles. The molecule has 0 aromatic carbocycles. The van der Waals surface area contributed by atoms with Crippen molar-refractivity contribution in [3.8, 4) is 0 Å². The third kappa shape index (κ3) is 2.31. The van der Waals surface area contributed by atoms with E-state index >= 15 is 0 Å². The molecular weight excluding hydrogens is 150 g/mol. The van der Waals surface area contributed by atoms with Crippen molar-refractivity contribution in [3.05, 3.63) is 29.6 Å². The first kappa shape index (κ1) is 9.20. The van der Waals surface area contributed by atoms with E-state index in [9.17, 15) is 0 Å². The lowest BCUT2D eigenvalue weighted by Crippen LogP contribution is -2.03. The fourth-order valence-electron chi connectivity index (χ4n) is 1.11. The maximum Gasteiger partial charge on any atom is 0.0543 e. The first-order valence-electron chi connectivity index (χ1n) is 4.15. The summed E-state index contributed by atoms with van der Waals surface area (Å²) in [4.78, 5) is 4.32. The molecule has 1 heterocycles. The fourth-order valence-corrected chi connectivity index (χ4v) is 1.11. The van der Waals surface area contributed by atoms with Gasteiger partial charge >= 0.3 is 0 Å². The van der Waals surface area contributed by atoms with Crippen molar-refractivity contribution in [2.24, 2.45) is 0 Å². The number of hydrogen-bond donors (Lipinski definition) is 0. The Morgan fingerprint density at radius 1 is 1.50 bits per heavy atom. The van der Waals surface area contributed by atoms with Crippen molar-refractivity contribution in [2.45, 2.75) is 19.8 Å². The van der Waals surface area contributed by atoms with E-state index in [1.807, 2.05) is 13.1 Å². The number of aromatic nitrogens is 1. The maximum atomic E-state index is 5.05. The van der Waals surface area contributed by atoms with Crippen molar-refractivity contribution in [2.75, 3.05) is 13.7 Å². The van der Waals surface area contributed by atoms with E-state index < -0.39 is 0 Å². The highest BCUT2D eigenvalue weighted by Crippen LogP contribution is 2.12. The molecule has 0 amide bonds. The smallest absolute Gasteiger partial charge is 0.0543 e. The summed E-state index contributed by atoms with van der Waals surface area (Å²) in [7, 11) is 1.71. The van der Waals surface area contributed by atoms with Gasteiger partial charge in [0.1, 0.15) is 0 Å². The number of ether oxygens (including phenoxy) is 1. The number of pyridine rings is 1. The first-order valence-corrected chi connectivity index (χ1v) is 4.15. The summed E-state index contributed by atoms with van der Waals surface area (Å²) in [6.07, 6.45) is 1.89. The summed E-state index contributed by atoms with van der Waals surface area (Å²) in [5, 5.41) is 0. The van der Waals surface area contributed by atoms with Gasteiger partial charge in [0, 0.05) is 24.9 Å². The van der Waals surface area contributed by atoms with Crippen molar-refractivity contribution < 1.29 is 4.74 Å². The van der Waals surface area contributed by atoms with Crippen molar-refractivity contribution >= 4 is 0 Å². The van der Waals surface area contributed by atoms with E-state index in [0.29, 0.717) is 5.92 Å². The maximum absolute atomic E-state index is 5.05. The van der Waals surface area contributed by atoms with Crippen LogP contribution in [-0.4, -0.2) is 18.7 Å². The highest BCUT2D eigenvalue weighted by Gasteiger charge is 2.04. The van der Waals surface area contributed by atoms with Crippen LogP contribution in [0.3, 0.4) is 0 Å². The molecule has 0 N–H and O–H groups in total. The Bertz CT molecular complexity index is 230. The van der Waals surface area contributed by atoms with E-state index in [1.165, 1.54) is 5.56 Å². The quantitative estimate of drug-likeness (QED) is 0.684. The third-order valence-corrected chi connectivity index (χ3v) is 1.86. The van der Waals surface area contributed by atoms with Crippen LogP contribution in [0.5, 0.6) is 0 Å². The van der Waals surface area contributed by atoms with Crippen LogP contribution in [0.15, 0.2) is 18.3 Å². The molecule has 2 heteroatoms. The molecule has 2 nitrogen and oxygen atoms in total. The van der Waals surface area contributed by atoms with Gasteiger partial charge in [-0.2, -0.15) is 0 Å².